The number of hydrogen-bond acceptors (Lipinski definition) is 2. The summed E-state index contributed by atoms with van der Waals surface area (Å²) in [7, 11) is 0. The minimum absolute atomic E-state index is 0.124. The van der Waals surface area contributed by atoms with Gasteiger partial charge in [0.1, 0.15) is 0 Å². The number of hydrogen-bond donors (Lipinski definition) is 0. The van der Waals surface area contributed by atoms with Gasteiger partial charge in [0.15, 0.2) is 0 Å². The first kappa shape index (κ1) is 20.9. The normalized spacial score (nSPS) is 13.5. The van der Waals surface area contributed by atoms with E-state index in [0.29, 0.717) is 20.1 Å². The van der Waals surface area contributed by atoms with Gasteiger partial charge in [-0.1, -0.05) is 52.5 Å². The Bertz CT molecular complexity index is 914. The highest BCUT2D eigenvalue weighted by molar-refractivity contribution is 8.00. The Hall–Kier alpha value is -0.840. The first-order valence-corrected chi connectivity index (χ1v) is 10.7. The zero-order valence-corrected chi connectivity index (χ0v) is 18.5. The van der Waals surface area contributed by atoms with Crippen LogP contribution in [-0.4, -0.2) is 14.3 Å². The average molecular weight is 460 g/mol. The van der Waals surface area contributed by atoms with E-state index in [-0.39, 0.29) is 4.75 Å². The average Bonchev–Trinajstić information content (AvgIpc) is 3.09. The smallest absolute Gasteiger partial charge is 0.0946 e. The lowest BCUT2D eigenvalue weighted by atomic mass is 10.00. The predicted octanol–water partition coefficient (Wildman–Crippen LogP) is 7.68. The summed E-state index contributed by atoms with van der Waals surface area (Å²) >= 11 is 26.6. The minimum Gasteiger partial charge on any atom is -0.336 e. The first-order chi connectivity index (χ1) is 12.8. The second-order valence-electron chi connectivity index (χ2n) is 6.60. The molecule has 0 amide bonds. The summed E-state index contributed by atoms with van der Waals surface area (Å²) in [5, 5.41) is 2.64. The molecule has 0 bridgehead atoms. The molecule has 0 aliphatic rings. The Morgan fingerprint density at radius 3 is 2.33 bits per heavy atom. The van der Waals surface area contributed by atoms with E-state index in [1.54, 1.807) is 30.1 Å². The van der Waals surface area contributed by atoms with Crippen LogP contribution in [0.25, 0.3) is 0 Å². The van der Waals surface area contributed by atoms with Gasteiger partial charge in [-0.15, -0.1) is 11.8 Å². The molecule has 3 aromatic rings. The maximum atomic E-state index is 6.42. The highest BCUT2D eigenvalue weighted by Gasteiger charge is 2.27. The van der Waals surface area contributed by atoms with Gasteiger partial charge < -0.3 is 4.57 Å². The Morgan fingerprint density at radius 2 is 1.70 bits per heavy atom. The van der Waals surface area contributed by atoms with E-state index in [0.717, 1.165) is 29.8 Å². The van der Waals surface area contributed by atoms with Crippen LogP contribution in [0.1, 0.15) is 18.9 Å². The lowest BCUT2D eigenvalue weighted by molar-refractivity contribution is 0.495. The van der Waals surface area contributed by atoms with E-state index < -0.39 is 0 Å². The van der Waals surface area contributed by atoms with Gasteiger partial charge in [0.2, 0.25) is 0 Å². The van der Waals surface area contributed by atoms with Gasteiger partial charge in [-0.25, -0.2) is 4.98 Å². The standard InChI is InChI=1S/C20H18Cl4N2S/c1-20(12-26-9-8-25-13-26,27-19-5-4-16(22)11-18(19)24)7-6-14-2-3-15(21)10-17(14)23/h2-5,8-11,13H,6-7,12H2,1H3. The largest absolute Gasteiger partial charge is 0.336 e. The second kappa shape index (κ2) is 9.11. The highest BCUT2D eigenvalue weighted by Crippen LogP contribution is 2.42. The van der Waals surface area contributed by atoms with Crippen LogP contribution in [0, 0.1) is 0 Å². The lowest BCUT2D eigenvalue weighted by Crippen LogP contribution is -2.27. The van der Waals surface area contributed by atoms with Crippen molar-refractivity contribution < 1.29 is 0 Å². The molecule has 7 heteroatoms. The van der Waals surface area contributed by atoms with Crippen LogP contribution in [0.5, 0.6) is 0 Å². The SMILES string of the molecule is CC(CCc1ccc(Cl)cc1Cl)(Cn1ccnc1)Sc1ccc(Cl)cc1Cl. The van der Waals surface area contributed by atoms with E-state index in [2.05, 4.69) is 16.5 Å². The van der Waals surface area contributed by atoms with Crippen molar-refractivity contribution in [2.24, 2.45) is 0 Å². The van der Waals surface area contributed by atoms with Crippen molar-refractivity contribution in [2.45, 2.75) is 36.0 Å². The molecule has 142 valence electrons. The third-order valence-electron chi connectivity index (χ3n) is 4.26. The molecule has 0 aliphatic heterocycles. The van der Waals surface area contributed by atoms with Crippen LogP contribution >= 0.6 is 58.2 Å². The zero-order valence-electron chi connectivity index (χ0n) is 14.6. The molecular weight excluding hydrogens is 442 g/mol. The number of aromatic nitrogens is 2. The Balaban J connectivity index is 1.82. The van der Waals surface area contributed by atoms with Crippen LogP contribution in [0.4, 0.5) is 0 Å². The molecule has 1 aromatic heterocycles. The molecule has 0 spiro atoms. The van der Waals surface area contributed by atoms with Gasteiger partial charge >= 0.3 is 0 Å². The molecule has 2 aromatic carbocycles. The molecule has 0 N–H and O–H groups in total. The monoisotopic (exact) mass is 458 g/mol. The topological polar surface area (TPSA) is 17.8 Å². The molecule has 1 atom stereocenters. The van der Waals surface area contributed by atoms with Crippen LogP contribution < -0.4 is 0 Å². The van der Waals surface area contributed by atoms with Crippen molar-refractivity contribution in [1.29, 1.82) is 0 Å². The van der Waals surface area contributed by atoms with Crippen LogP contribution in [0.2, 0.25) is 20.1 Å². The quantitative estimate of drug-likeness (QED) is 0.337. The maximum Gasteiger partial charge on any atom is 0.0946 e. The molecule has 27 heavy (non-hydrogen) atoms. The van der Waals surface area contributed by atoms with E-state index in [1.807, 2.05) is 36.8 Å². The van der Waals surface area contributed by atoms with E-state index in [4.69, 9.17) is 46.4 Å². The summed E-state index contributed by atoms with van der Waals surface area (Å²) in [6, 6.07) is 11.3. The van der Waals surface area contributed by atoms with Crippen molar-refractivity contribution in [1.82, 2.24) is 9.55 Å². The Labute approximate surface area is 183 Å². The van der Waals surface area contributed by atoms with Gasteiger partial charge in [0.05, 0.1) is 11.3 Å². The predicted molar refractivity (Wildman–Crippen MR) is 118 cm³/mol. The lowest BCUT2D eigenvalue weighted by Gasteiger charge is -2.30. The molecule has 2 nitrogen and oxygen atoms in total. The fourth-order valence-corrected chi connectivity index (χ4v) is 5.14. The molecule has 0 fully saturated rings. The third-order valence-corrected chi connectivity index (χ3v) is 6.91. The van der Waals surface area contributed by atoms with E-state index in [9.17, 15) is 0 Å². The van der Waals surface area contributed by atoms with Crippen molar-refractivity contribution in [3.05, 3.63) is 80.8 Å². The van der Waals surface area contributed by atoms with Crippen LogP contribution in [0.3, 0.4) is 0 Å². The zero-order chi connectivity index (χ0) is 19.4. The number of thioether (sulfide) groups is 1. The fraction of sp³-hybridized carbons (Fsp3) is 0.250. The molecule has 1 heterocycles. The summed E-state index contributed by atoms with van der Waals surface area (Å²) in [5.41, 5.74) is 1.08. The second-order valence-corrected chi connectivity index (χ2v) is 9.91. The molecule has 0 radical (unpaired) electrons. The van der Waals surface area contributed by atoms with E-state index >= 15 is 0 Å². The summed E-state index contributed by atoms with van der Waals surface area (Å²) in [6.07, 6.45) is 7.32. The first-order valence-electron chi connectivity index (χ1n) is 8.38. The van der Waals surface area contributed by atoms with Crippen LogP contribution in [0.15, 0.2) is 60.0 Å². The maximum absolute atomic E-state index is 6.42. The molecule has 0 aliphatic carbocycles. The summed E-state index contributed by atoms with van der Waals surface area (Å²) in [6.45, 7) is 3.02. The molecule has 1 unspecified atom stereocenters. The Morgan fingerprint density at radius 1 is 1.00 bits per heavy atom. The molecule has 3 rings (SSSR count). The fourth-order valence-electron chi connectivity index (χ4n) is 2.88. The van der Waals surface area contributed by atoms with Crippen molar-refractivity contribution in [3.63, 3.8) is 0 Å². The van der Waals surface area contributed by atoms with Crippen molar-refractivity contribution in [3.8, 4) is 0 Å². The summed E-state index contributed by atoms with van der Waals surface area (Å²) in [4.78, 5) is 5.16. The van der Waals surface area contributed by atoms with Gasteiger partial charge in [-0.2, -0.15) is 0 Å². The number of halogens is 4. The molecule has 0 saturated carbocycles. The van der Waals surface area contributed by atoms with Gasteiger partial charge in [-0.05, 0) is 55.7 Å². The van der Waals surface area contributed by atoms with Crippen molar-refractivity contribution in [2.75, 3.05) is 0 Å². The summed E-state index contributed by atoms with van der Waals surface area (Å²) in [5.74, 6) is 0. The van der Waals surface area contributed by atoms with Crippen molar-refractivity contribution >= 4 is 58.2 Å². The highest BCUT2D eigenvalue weighted by atomic mass is 35.5. The van der Waals surface area contributed by atoms with Gasteiger partial charge in [0, 0.05) is 43.6 Å². The number of benzene rings is 2. The Kier molecular flexibility index (Phi) is 7.04. The number of aryl methyl sites for hydroxylation is 1. The molecular formula is C20H18Cl4N2S. The summed E-state index contributed by atoms with van der Waals surface area (Å²) < 4.78 is 1.96. The van der Waals surface area contributed by atoms with Gasteiger partial charge in [-0.3, -0.25) is 0 Å². The number of imidazole rings is 1. The minimum atomic E-state index is -0.124. The molecule has 0 saturated heterocycles. The number of nitrogens with zero attached hydrogens (tertiary/aromatic N) is 2. The number of rotatable bonds is 7. The van der Waals surface area contributed by atoms with E-state index in [1.165, 1.54) is 0 Å². The van der Waals surface area contributed by atoms with Crippen LogP contribution in [-0.2, 0) is 13.0 Å². The third kappa shape index (κ3) is 5.82. The van der Waals surface area contributed by atoms with Gasteiger partial charge in [0.25, 0.3) is 0 Å².